The van der Waals surface area contributed by atoms with Crippen LogP contribution >= 0.6 is 0 Å². The van der Waals surface area contributed by atoms with Gasteiger partial charge >= 0.3 is 0 Å². The molecule has 2 fully saturated rings. The van der Waals surface area contributed by atoms with Gasteiger partial charge in [0.25, 0.3) is 0 Å². The molecule has 1 spiro atoms. The molecular weight excluding hydrogens is 282 g/mol. The number of methoxy groups -OCH3 is 2. The summed E-state index contributed by atoms with van der Waals surface area (Å²) in [6.07, 6.45) is 2.36. The van der Waals surface area contributed by atoms with Crippen molar-refractivity contribution in [1.82, 2.24) is 4.90 Å². The molecule has 0 amide bonds. The van der Waals surface area contributed by atoms with Crippen LogP contribution in [0.2, 0.25) is 0 Å². The highest BCUT2D eigenvalue weighted by Crippen LogP contribution is 2.37. The molecular formula is C17H25NO4. The van der Waals surface area contributed by atoms with Gasteiger partial charge in [0.1, 0.15) is 17.1 Å². The fourth-order valence-corrected chi connectivity index (χ4v) is 3.68. The fourth-order valence-electron chi connectivity index (χ4n) is 3.68. The van der Waals surface area contributed by atoms with Crippen molar-refractivity contribution >= 4 is 0 Å². The first-order chi connectivity index (χ1) is 10.7. The van der Waals surface area contributed by atoms with Crippen molar-refractivity contribution in [2.45, 2.75) is 37.5 Å². The molecule has 2 heterocycles. The maximum atomic E-state index is 10.3. The van der Waals surface area contributed by atoms with Gasteiger partial charge in [0.15, 0.2) is 0 Å². The predicted molar refractivity (Wildman–Crippen MR) is 83.4 cm³/mol. The van der Waals surface area contributed by atoms with E-state index in [0.717, 1.165) is 62.6 Å². The summed E-state index contributed by atoms with van der Waals surface area (Å²) in [4.78, 5) is 2.33. The van der Waals surface area contributed by atoms with Gasteiger partial charge in [-0.05, 0) is 31.4 Å². The summed E-state index contributed by atoms with van der Waals surface area (Å²) in [7, 11) is 3.36. The van der Waals surface area contributed by atoms with Crippen LogP contribution in [0.3, 0.4) is 0 Å². The Morgan fingerprint density at radius 1 is 1.32 bits per heavy atom. The number of likely N-dealkylation sites (tertiary alicyclic amines) is 1. The molecule has 0 aliphatic carbocycles. The molecule has 2 saturated heterocycles. The highest BCUT2D eigenvalue weighted by Gasteiger charge is 2.46. The number of hydrogen-bond donors (Lipinski definition) is 1. The number of ether oxygens (including phenoxy) is 3. The van der Waals surface area contributed by atoms with Gasteiger partial charge in [-0.2, -0.15) is 0 Å². The third-order valence-electron chi connectivity index (χ3n) is 4.86. The van der Waals surface area contributed by atoms with E-state index in [1.807, 2.05) is 18.2 Å². The molecule has 1 aromatic carbocycles. The van der Waals surface area contributed by atoms with Gasteiger partial charge in [0.2, 0.25) is 0 Å². The van der Waals surface area contributed by atoms with E-state index in [4.69, 9.17) is 14.2 Å². The summed E-state index contributed by atoms with van der Waals surface area (Å²) in [5.41, 5.74) is 0.671. The Morgan fingerprint density at radius 2 is 2.05 bits per heavy atom. The van der Waals surface area contributed by atoms with E-state index in [1.165, 1.54) is 0 Å². The minimum atomic E-state index is -0.381. The summed E-state index contributed by atoms with van der Waals surface area (Å²) in [6, 6.07) is 5.85. The van der Waals surface area contributed by atoms with Crippen molar-refractivity contribution in [2.75, 3.05) is 33.9 Å². The Morgan fingerprint density at radius 3 is 2.64 bits per heavy atom. The normalized spacial score (nSPS) is 29.0. The highest BCUT2D eigenvalue weighted by molar-refractivity contribution is 5.44. The van der Waals surface area contributed by atoms with E-state index in [2.05, 4.69) is 4.90 Å². The van der Waals surface area contributed by atoms with E-state index < -0.39 is 0 Å². The first-order valence-electron chi connectivity index (χ1n) is 7.93. The molecule has 0 aromatic heterocycles. The van der Waals surface area contributed by atoms with Gasteiger partial charge in [-0.3, -0.25) is 4.90 Å². The lowest BCUT2D eigenvalue weighted by atomic mass is 9.87. The molecule has 2 atom stereocenters. The van der Waals surface area contributed by atoms with Gasteiger partial charge in [0.05, 0.1) is 25.9 Å². The van der Waals surface area contributed by atoms with Crippen molar-refractivity contribution in [3.8, 4) is 11.5 Å². The highest BCUT2D eigenvalue weighted by atomic mass is 16.5. The SMILES string of the molecule is COc1cccc(OC)c1CN1CC[C@H](O)[C@]2(CCCO2)C1. The lowest BCUT2D eigenvalue weighted by molar-refractivity contribution is -0.132. The largest absolute Gasteiger partial charge is 0.496 e. The Labute approximate surface area is 131 Å². The Hall–Kier alpha value is -1.30. The van der Waals surface area contributed by atoms with Crippen LogP contribution in [0, 0.1) is 0 Å². The number of rotatable bonds is 4. The molecule has 22 heavy (non-hydrogen) atoms. The summed E-state index contributed by atoms with van der Waals surface area (Å²) in [5.74, 6) is 1.68. The molecule has 2 aliphatic rings. The van der Waals surface area contributed by atoms with Crippen molar-refractivity contribution in [3.63, 3.8) is 0 Å². The summed E-state index contributed by atoms with van der Waals surface area (Å²) in [5, 5.41) is 10.3. The van der Waals surface area contributed by atoms with Crippen LogP contribution in [0.25, 0.3) is 0 Å². The molecule has 0 bridgehead atoms. The van der Waals surface area contributed by atoms with Crippen molar-refractivity contribution in [2.24, 2.45) is 0 Å². The summed E-state index contributed by atoms with van der Waals surface area (Å²) in [6.45, 7) is 3.11. The Balaban J connectivity index is 1.79. The number of aliphatic hydroxyl groups excluding tert-OH is 1. The lowest BCUT2D eigenvalue weighted by Crippen LogP contribution is -2.56. The topological polar surface area (TPSA) is 51.2 Å². The molecule has 0 unspecified atom stereocenters. The van der Waals surface area contributed by atoms with Gasteiger partial charge < -0.3 is 19.3 Å². The fraction of sp³-hybridized carbons (Fsp3) is 0.647. The smallest absolute Gasteiger partial charge is 0.127 e. The quantitative estimate of drug-likeness (QED) is 0.919. The zero-order chi connectivity index (χ0) is 15.6. The van der Waals surface area contributed by atoms with Crippen LogP contribution in [0.5, 0.6) is 11.5 Å². The second kappa shape index (κ2) is 6.44. The molecule has 1 aromatic rings. The second-order valence-electron chi connectivity index (χ2n) is 6.17. The lowest BCUT2D eigenvalue weighted by Gasteiger charge is -2.43. The van der Waals surface area contributed by atoms with Gasteiger partial charge in [0, 0.05) is 26.2 Å². The van der Waals surface area contributed by atoms with Crippen molar-refractivity contribution < 1.29 is 19.3 Å². The molecule has 2 aliphatic heterocycles. The zero-order valence-corrected chi connectivity index (χ0v) is 13.4. The van der Waals surface area contributed by atoms with Crippen LogP contribution in [0.4, 0.5) is 0 Å². The monoisotopic (exact) mass is 307 g/mol. The molecule has 5 heteroatoms. The van der Waals surface area contributed by atoms with E-state index in [0.29, 0.717) is 0 Å². The van der Waals surface area contributed by atoms with Crippen molar-refractivity contribution in [1.29, 1.82) is 0 Å². The first kappa shape index (κ1) is 15.6. The molecule has 0 saturated carbocycles. The van der Waals surface area contributed by atoms with Gasteiger partial charge in [-0.25, -0.2) is 0 Å². The predicted octanol–water partition coefficient (Wildman–Crippen LogP) is 1.82. The minimum absolute atomic E-state index is 0.356. The van der Waals surface area contributed by atoms with Crippen LogP contribution in [-0.2, 0) is 11.3 Å². The molecule has 5 nitrogen and oxygen atoms in total. The maximum Gasteiger partial charge on any atom is 0.127 e. The Bertz CT molecular complexity index is 491. The second-order valence-corrected chi connectivity index (χ2v) is 6.17. The van der Waals surface area contributed by atoms with Crippen LogP contribution in [-0.4, -0.2) is 55.6 Å². The average molecular weight is 307 g/mol. The van der Waals surface area contributed by atoms with E-state index in [1.54, 1.807) is 14.2 Å². The molecule has 122 valence electrons. The third-order valence-corrected chi connectivity index (χ3v) is 4.86. The third kappa shape index (κ3) is 2.81. The number of hydrogen-bond acceptors (Lipinski definition) is 5. The standard InChI is InChI=1S/C17H25NO4/c1-20-14-5-3-6-15(21-2)13(14)11-18-9-7-16(19)17(12-18)8-4-10-22-17/h3,5-6,16,19H,4,7-12H2,1-2H3/t16-,17-/m0/s1. The average Bonchev–Trinajstić information content (AvgIpc) is 3.00. The van der Waals surface area contributed by atoms with Gasteiger partial charge in [-0.1, -0.05) is 6.07 Å². The van der Waals surface area contributed by atoms with Crippen LogP contribution in [0.1, 0.15) is 24.8 Å². The maximum absolute atomic E-state index is 10.3. The number of benzene rings is 1. The van der Waals surface area contributed by atoms with Crippen molar-refractivity contribution in [3.05, 3.63) is 23.8 Å². The summed E-state index contributed by atoms with van der Waals surface area (Å²) < 4.78 is 16.9. The number of aliphatic hydroxyl groups is 1. The molecule has 1 N–H and O–H groups in total. The van der Waals surface area contributed by atoms with Crippen LogP contribution < -0.4 is 9.47 Å². The zero-order valence-electron chi connectivity index (χ0n) is 13.4. The van der Waals surface area contributed by atoms with Crippen LogP contribution in [0.15, 0.2) is 18.2 Å². The Kier molecular flexibility index (Phi) is 4.57. The van der Waals surface area contributed by atoms with Gasteiger partial charge in [-0.15, -0.1) is 0 Å². The number of piperidine rings is 1. The van der Waals surface area contributed by atoms with E-state index in [-0.39, 0.29) is 11.7 Å². The molecule has 0 radical (unpaired) electrons. The number of nitrogens with zero attached hydrogens (tertiary/aromatic N) is 1. The first-order valence-corrected chi connectivity index (χ1v) is 7.93. The molecule has 3 rings (SSSR count). The van der Waals surface area contributed by atoms with E-state index >= 15 is 0 Å². The minimum Gasteiger partial charge on any atom is -0.496 e. The summed E-state index contributed by atoms with van der Waals surface area (Å²) >= 11 is 0. The van der Waals surface area contributed by atoms with E-state index in [9.17, 15) is 5.11 Å².